The first-order valence-electron chi connectivity index (χ1n) is 9.08. The topological polar surface area (TPSA) is 56.9 Å². The summed E-state index contributed by atoms with van der Waals surface area (Å²) in [7, 11) is 1.96. The molecule has 0 N–H and O–H groups in total. The molecule has 0 fully saturated rings. The van der Waals surface area contributed by atoms with Crippen LogP contribution in [0.4, 0.5) is 0 Å². The smallest absolute Gasteiger partial charge is 0.262 e. The number of ketones is 1. The van der Waals surface area contributed by atoms with Gasteiger partial charge in [0.15, 0.2) is 10.9 Å². The van der Waals surface area contributed by atoms with E-state index in [0.29, 0.717) is 28.5 Å². The first-order valence-corrected chi connectivity index (χ1v) is 10.1. The Labute approximate surface area is 163 Å². The second-order valence-electron chi connectivity index (χ2n) is 7.28. The van der Waals surface area contributed by atoms with Gasteiger partial charge in [-0.25, -0.2) is 4.98 Å². The minimum Gasteiger partial charge on any atom is -0.351 e. The third kappa shape index (κ3) is 3.86. The highest BCUT2D eigenvalue weighted by atomic mass is 32.2. The summed E-state index contributed by atoms with van der Waals surface area (Å²) in [6, 6.07) is 9.29. The van der Waals surface area contributed by atoms with Gasteiger partial charge in [0.1, 0.15) is 0 Å². The predicted molar refractivity (Wildman–Crippen MR) is 111 cm³/mol. The van der Waals surface area contributed by atoms with Gasteiger partial charge in [0.25, 0.3) is 5.56 Å². The fourth-order valence-corrected chi connectivity index (χ4v) is 4.02. The minimum absolute atomic E-state index is 0.0454. The van der Waals surface area contributed by atoms with Gasteiger partial charge in [-0.2, -0.15) is 0 Å². The van der Waals surface area contributed by atoms with Gasteiger partial charge >= 0.3 is 0 Å². The zero-order valence-electron chi connectivity index (χ0n) is 16.4. The van der Waals surface area contributed by atoms with Crippen molar-refractivity contribution in [3.05, 3.63) is 57.6 Å². The summed E-state index contributed by atoms with van der Waals surface area (Å²) in [6.45, 7) is 8.65. The van der Waals surface area contributed by atoms with Crippen molar-refractivity contribution in [2.24, 2.45) is 13.0 Å². The molecule has 2 heterocycles. The molecular weight excluding hydrogens is 358 g/mol. The monoisotopic (exact) mass is 383 g/mol. The highest BCUT2D eigenvalue weighted by molar-refractivity contribution is 7.99. The Hall–Kier alpha value is -2.34. The molecule has 1 aromatic carbocycles. The number of para-hydroxylation sites is 1. The fourth-order valence-electron chi connectivity index (χ4n) is 3.13. The lowest BCUT2D eigenvalue weighted by Crippen LogP contribution is -2.25. The maximum atomic E-state index is 12.9. The molecule has 0 bridgehead atoms. The normalized spacial score (nSPS) is 11.5. The summed E-state index contributed by atoms with van der Waals surface area (Å²) < 4.78 is 3.72. The molecule has 0 aliphatic heterocycles. The molecule has 2 aromatic heterocycles. The van der Waals surface area contributed by atoms with Crippen molar-refractivity contribution in [2.75, 3.05) is 5.75 Å². The summed E-state index contributed by atoms with van der Waals surface area (Å²) >= 11 is 1.34. The van der Waals surface area contributed by atoms with Gasteiger partial charge in [-0.15, -0.1) is 0 Å². The molecule has 0 saturated heterocycles. The second kappa shape index (κ2) is 7.72. The molecule has 27 heavy (non-hydrogen) atoms. The number of benzene rings is 1. The van der Waals surface area contributed by atoms with Gasteiger partial charge in [-0.1, -0.05) is 37.7 Å². The zero-order chi connectivity index (χ0) is 19.7. The van der Waals surface area contributed by atoms with Crippen LogP contribution in [0.15, 0.2) is 40.3 Å². The number of hydrogen-bond acceptors (Lipinski definition) is 4. The van der Waals surface area contributed by atoms with E-state index in [0.717, 1.165) is 17.0 Å². The molecule has 5 nitrogen and oxygen atoms in total. The van der Waals surface area contributed by atoms with Crippen LogP contribution in [0.25, 0.3) is 10.9 Å². The van der Waals surface area contributed by atoms with Gasteiger partial charge < -0.3 is 4.57 Å². The molecule has 0 amide bonds. The van der Waals surface area contributed by atoms with Gasteiger partial charge in [0.05, 0.1) is 16.7 Å². The molecule has 0 spiro atoms. The molecular formula is C21H25N3O2S. The van der Waals surface area contributed by atoms with Gasteiger partial charge in [-0.3, -0.25) is 14.2 Å². The van der Waals surface area contributed by atoms with Crippen molar-refractivity contribution < 1.29 is 4.79 Å². The van der Waals surface area contributed by atoms with E-state index in [2.05, 4.69) is 18.8 Å². The van der Waals surface area contributed by atoms with Crippen LogP contribution in [0, 0.1) is 19.8 Å². The lowest BCUT2D eigenvalue weighted by Gasteiger charge is -2.14. The first-order chi connectivity index (χ1) is 12.8. The van der Waals surface area contributed by atoms with Crippen molar-refractivity contribution in [3.8, 4) is 0 Å². The molecule has 0 radical (unpaired) electrons. The summed E-state index contributed by atoms with van der Waals surface area (Å²) in [5.74, 6) is 0.618. The van der Waals surface area contributed by atoms with Gasteiger partial charge in [-0.05, 0) is 38.0 Å². The largest absolute Gasteiger partial charge is 0.351 e. The Kier molecular flexibility index (Phi) is 5.56. The van der Waals surface area contributed by atoms with Crippen LogP contribution in [0.1, 0.15) is 35.6 Å². The van der Waals surface area contributed by atoms with Crippen LogP contribution in [-0.2, 0) is 13.6 Å². The number of aromatic nitrogens is 3. The number of hydrogen-bond donors (Lipinski definition) is 0. The fraction of sp³-hybridized carbons (Fsp3) is 0.381. The number of rotatable bonds is 6. The Balaban J connectivity index is 1.94. The van der Waals surface area contributed by atoms with E-state index in [1.165, 1.54) is 11.8 Å². The molecule has 0 aliphatic carbocycles. The highest BCUT2D eigenvalue weighted by Gasteiger charge is 2.17. The molecule has 0 atom stereocenters. The van der Waals surface area contributed by atoms with Crippen LogP contribution in [0.2, 0.25) is 0 Å². The number of thioether (sulfide) groups is 1. The third-order valence-electron chi connectivity index (χ3n) is 4.78. The summed E-state index contributed by atoms with van der Waals surface area (Å²) in [5, 5.41) is 1.22. The predicted octanol–water partition coefficient (Wildman–Crippen LogP) is 3.98. The molecule has 142 valence electrons. The maximum Gasteiger partial charge on any atom is 0.262 e. The SMILES string of the molecule is Cc1cc(C(=O)CSc2nc3ccccc3c(=O)n2CC(C)C)c(C)n1C. The molecule has 0 unspecified atom stereocenters. The second-order valence-corrected chi connectivity index (χ2v) is 8.22. The number of aryl methyl sites for hydroxylation is 1. The van der Waals surface area contributed by atoms with Crippen LogP contribution < -0.4 is 5.56 Å². The van der Waals surface area contributed by atoms with Crippen LogP contribution in [0.3, 0.4) is 0 Å². The lowest BCUT2D eigenvalue weighted by atomic mass is 10.2. The van der Waals surface area contributed by atoms with E-state index in [1.54, 1.807) is 10.6 Å². The average molecular weight is 384 g/mol. The number of nitrogens with zero attached hydrogens (tertiary/aromatic N) is 3. The Bertz CT molecular complexity index is 1060. The summed E-state index contributed by atoms with van der Waals surface area (Å²) in [5.41, 5.74) is 3.38. The number of Topliss-reactive ketones (excluding diaryl/α,β-unsaturated/α-hetero) is 1. The van der Waals surface area contributed by atoms with Crippen LogP contribution in [0.5, 0.6) is 0 Å². The summed E-state index contributed by atoms with van der Waals surface area (Å²) in [6.07, 6.45) is 0. The Morgan fingerprint density at radius 2 is 1.93 bits per heavy atom. The number of carbonyl (C=O) groups excluding carboxylic acids is 1. The minimum atomic E-state index is -0.0454. The maximum absolute atomic E-state index is 12.9. The number of fused-ring (bicyclic) bond motifs is 1. The Morgan fingerprint density at radius 1 is 1.22 bits per heavy atom. The van der Waals surface area contributed by atoms with E-state index in [1.807, 2.05) is 49.7 Å². The van der Waals surface area contributed by atoms with Gasteiger partial charge in [0.2, 0.25) is 0 Å². The quantitative estimate of drug-likeness (QED) is 0.367. The molecule has 6 heteroatoms. The molecule has 0 aliphatic rings. The van der Waals surface area contributed by atoms with Crippen molar-refractivity contribution in [3.63, 3.8) is 0 Å². The van der Waals surface area contributed by atoms with E-state index < -0.39 is 0 Å². The standard InChI is InChI=1S/C21H25N3O2S/c1-13(2)11-24-20(26)16-8-6-7-9-18(16)22-21(24)27-12-19(25)17-10-14(3)23(5)15(17)4/h6-10,13H,11-12H2,1-5H3. The molecule has 3 aromatic rings. The first kappa shape index (κ1) is 19.4. The van der Waals surface area contributed by atoms with E-state index >= 15 is 0 Å². The van der Waals surface area contributed by atoms with Crippen molar-refractivity contribution in [1.82, 2.24) is 14.1 Å². The molecule has 0 saturated carbocycles. The van der Waals surface area contributed by atoms with Gasteiger partial charge in [0, 0.05) is 30.5 Å². The Morgan fingerprint density at radius 3 is 2.56 bits per heavy atom. The van der Waals surface area contributed by atoms with Crippen molar-refractivity contribution >= 4 is 28.4 Å². The lowest BCUT2D eigenvalue weighted by molar-refractivity contribution is 0.102. The number of carbonyl (C=O) groups is 1. The van der Waals surface area contributed by atoms with E-state index in [9.17, 15) is 9.59 Å². The summed E-state index contributed by atoms with van der Waals surface area (Å²) in [4.78, 5) is 30.3. The van der Waals surface area contributed by atoms with Crippen molar-refractivity contribution in [1.29, 1.82) is 0 Å². The van der Waals surface area contributed by atoms with E-state index in [4.69, 9.17) is 0 Å². The van der Waals surface area contributed by atoms with E-state index in [-0.39, 0.29) is 17.1 Å². The van der Waals surface area contributed by atoms with Crippen LogP contribution >= 0.6 is 11.8 Å². The average Bonchev–Trinajstić information content (AvgIpc) is 2.89. The third-order valence-corrected chi connectivity index (χ3v) is 5.76. The molecule has 3 rings (SSSR count). The highest BCUT2D eigenvalue weighted by Crippen LogP contribution is 2.22. The van der Waals surface area contributed by atoms with Crippen LogP contribution in [-0.4, -0.2) is 25.7 Å². The van der Waals surface area contributed by atoms with Crippen molar-refractivity contribution in [2.45, 2.75) is 39.4 Å². The zero-order valence-corrected chi connectivity index (χ0v) is 17.3.